The number of nitrogens with one attached hydrogen (secondary N) is 1. The van der Waals surface area contributed by atoms with E-state index in [0.29, 0.717) is 6.54 Å². The van der Waals surface area contributed by atoms with Gasteiger partial charge < -0.3 is 10.2 Å². The van der Waals surface area contributed by atoms with E-state index in [1.807, 2.05) is 7.05 Å². The van der Waals surface area contributed by atoms with Crippen LogP contribution in [0.1, 0.15) is 19.3 Å². The van der Waals surface area contributed by atoms with E-state index in [1.165, 1.54) is 25.5 Å². The second-order valence-electron chi connectivity index (χ2n) is 4.92. The molecular formula is C11H24N2O2S. The lowest BCUT2D eigenvalue weighted by Crippen LogP contribution is -2.31. The average Bonchev–Trinajstić information content (AvgIpc) is 2.24. The van der Waals surface area contributed by atoms with Crippen LogP contribution >= 0.6 is 0 Å². The molecule has 1 heterocycles. The SMILES string of the molecule is CN(CCC1CCNCC1)CCS(C)(=O)=O. The third-order valence-corrected chi connectivity index (χ3v) is 4.15. The van der Waals surface area contributed by atoms with E-state index in [0.717, 1.165) is 25.6 Å². The lowest BCUT2D eigenvalue weighted by atomic mass is 9.94. The first-order valence-electron chi connectivity index (χ1n) is 6.04. The maximum absolute atomic E-state index is 11.0. The van der Waals surface area contributed by atoms with E-state index in [-0.39, 0.29) is 5.75 Å². The largest absolute Gasteiger partial charge is 0.317 e. The molecule has 1 fully saturated rings. The normalized spacial score (nSPS) is 19.2. The van der Waals surface area contributed by atoms with Gasteiger partial charge in [-0.15, -0.1) is 0 Å². The first-order valence-corrected chi connectivity index (χ1v) is 8.10. The summed E-state index contributed by atoms with van der Waals surface area (Å²) >= 11 is 0. The van der Waals surface area contributed by atoms with Crippen molar-refractivity contribution in [2.75, 3.05) is 45.2 Å². The molecule has 0 amide bonds. The van der Waals surface area contributed by atoms with E-state index in [4.69, 9.17) is 0 Å². The minimum atomic E-state index is -2.81. The van der Waals surface area contributed by atoms with Crippen molar-refractivity contribution in [3.8, 4) is 0 Å². The fraction of sp³-hybridized carbons (Fsp3) is 1.00. The highest BCUT2D eigenvalue weighted by atomic mass is 32.2. The van der Waals surface area contributed by atoms with Gasteiger partial charge in [0, 0.05) is 12.8 Å². The fourth-order valence-electron chi connectivity index (χ4n) is 2.01. The Morgan fingerprint density at radius 2 is 1.88 bits per heavy atom. The Hall–Kier alpha value is -0.130. The molecule has 1 aliphatic rings. The zero-order chi connectivity index (χ0) is 12.0. The van der Waals surface area contributed by atoms with Gasteiger partial charge in [0.15, 0.2) is 0 Å². The number of nitrogens with zero attached hydrogens (tertiary/aromatic N) is 1. The molecule has 96 valence electrons. The molecule has 0 aromatic heterocycles. The van der Waals surface area contributed by atoms with Crippen LogP contribution in [-0.4, -0.2) is 58.6 Å². The highest BCUT2D eigenvalue weighted by molar-refractivity contribution is 7.90. The predicted octanol–water partition coefficient (Wildman–Crippen LogP) is 0.353. The van der Waals surface area contributed by atoms with Crippen LogP contribution in [0.25, 0.3) is 0 Å². The van der Waals surface area contributed by atoms with Crippen molar-refractivity contribution in [1.82, 2.24) is 10.2 Å². The monoisotopic (exact) mass is 248 g/mol. The molecule has 0 aliphatic carbocycles. The van der Waals surface area contributed by atoms with Crippen LogP contribution in [0.4, 0.5) is 0 Å². The van der Waals surface area contributed by atoms with Gasteiger partial charge in [0.05, 0.1) is 5.75 Å². The van der Waals surface area contributed by atoms with Crippen LogP contribution in [0.5, 0.6) is 0 Å². The molecule has 0 spiro atoms. The molecule has 0 saturated carbocycles. The molecule has 0 bridgehead atoms. The molecule has 16 heavy (non-hydrogen) atoms. The summed E-state index contributed by atoms with van der Waals surface area (Å²) in [7, 11) is -0.808. The number of sulfone groups is 1. The summed E-state index contributed by atoms with van der Waals surface area (Å²) in [5, 5.41) is 3.35. The number of hydrogen-bond donors (Lipinski definition) is 1. The molecule has 5 heteroatoms. The van der Waals surface area contributed by atoms with Crippen LogP contribution in [-0.2, 0) is 9.84 Å². The summed E-state index contributed by atoms with van der Waals surface area (Å²) in [5.41, 5.74) is 0. The predicted molar refractivity (Wildman–Crippen MR) is 67.4 cm³/mol. The molecule has 4 nitrogen and oxygen atoms in total. The smallest absolute Gasteiger partial charge is 0.148 e. The Bertz CT molecular complexity index is 284. The maximum Gasteiger partial charge on any atom is 0.148 e. The fourth-order valence-corrected chi connectivity index (χ4v) is 2.65. The Morgan fingerprint density at radius 1 is 1.25 bits per heavy atom. The summed E-state index contributed by atoms with van der Waals surface area (Å²) in [6.07, 6.45) is 5.02. The quantitative estimate of drug-likeness (QED) is 0.737. The van der Waals surface area contributed by atoms with Crippen molar-refractivity contribution in [2.45, 2.75) is 19.3 Å². The zero-order valence-corrected chi connectivity index (χ0v) is 11.2. The van der Waals surface area contributed by atoms with Crippen molar-refractivity contribution in [3.63, 3.8) is 0 Å². The molecule has 1 aliphatic heterocycles. The Morgan fingerprint density at radius 3 is 2.44 bits per heavy atom. The van der Waals surface area contributed by atoms with Gasteiger partial charge in [-0.1, -0.05) is 0 Å². The average molecular weight is 248 g/mol. The zero-order valence-electron chi connectivity index (χ0n) is 10.4. The summed E-state index contributed by atoms with van der Waals surface area (Å²) in [5.74, 6) is 1.09. The molecule has 1 rings (SSSR count). The molecule has 0 radical (unpaired) electrons. The molecule has 1 saturated heterocycles. The molecule has 0 atom stereocenters. The molecule has 0 aromatic carbocycles. The summed E-state index contributed by atoms with van der Waals surface area (Å²) < 4.78 is 22.0. The molecular weight excluding hydrogens is 224 g/mol. The Balaban J connectivity index is 2.11. The van der Waals surface area contributed by atoms with Gasteiger partial charge in [-0.05, 0) is 51.9 Å². The van der Waals surface area contributed by atoms with Crippen molar-refractivity contribution in [1.29, 1.82) is 0 Å². The van der Waals surface area contributed by atoms with E-state index < -0.39 is 9.84 Å². The lowest BCUT2D eigenvalue weighted by molar-refractivity contribution is 0.280. The number of hydrogen-bond acceptors (Lipinski definition) is 4. The van der Waals surface area contributed by atoms with Crippen LogP contribution in [0.3, 0.4) is 0 Å². The molecule has 0 aromatic rings. The Labute approximate surface area is 99.3 Å². The standard InChI is InChI=1S/C11H24N2O2S/c1-13(9-10-16(2,14)15)8-5-11-3-6-12-7-4-11/h11-12H,3-10H2,1-2H3. The van der Waals surface area contributed by atoms with E-state index >= 15 is 0 Å². The summed E-state index contributed by atoms with van der Waals surface area (Å²) in [4.78, 5) is 2.13. The van der Waals surface area contributed by atoms with Gasteiger partial charge in [0.1, 0.15) is 9.84 Å². The van der Waals surface area contributed by atoms with Crippen LogP contribution < -0.4 is 5.32 Å². The van der Waals surface area contributed by atoms with Gasteiger partial charge in [-0.2, -0.15) is 0 Å². The van der Waals surface area contributed by atoms with E-state index in [1.54, 1.807) is 0 Å². The molecule has 1 N–H and O–H groups in total. The van der Waals surface area contributed by atoms with Gasteiger partial charge in [0.25, 0.3) is 0 Å². The minimum Gasteiger partial charge on any atom is -0.317 e. The topological polar surface area (TPSA) is 49.4 Å². The lowest BCUT2D eigenvalue weighted by Gasteiger charge is -2.25. The Kier molecular flexibility index (Phi) is 5.72. The van der Waals surface area contributed by atoms with Crippen LogP contribution in [0.2, 0.25) is 0 Å². The second kappa shape index (κ2) is 6.57. The first kappa shape index (κ1) is 13.9. The third-order valence-electron chi connectivity index (χ3n) is 3.22. The van der Waals surface area contributed by atoms with Gasteiger partial charge >= 0.3 is 0 Å². The van der Waals surface area contributed by atoms with Gasteiger partial charge in [-0.3, -0.25) is 0 Å². The van der Waals surface area contributed by atoms with E-state index in [2.05, 4.69) is 10.2 Å². The highest BCUT2D eigenvalue weighted by Gasteiger charge is 2.13. The first-order chi connectivity index (χ1) is 7.47. The number of piperidine rings is 1. The van der Waals surface area contributed by atoms with Crippen molar-refractivity contribution in [2.24, 2.45) is 5.92 Å². The van der Waals surface area contributed by atoms with E-state index in [9.17, 15) is 8.42 Å². The molecule has 0 unspecified atom stereocenters. The van der Waals surface area contributed by atoms with Crippen LogP contribution in [0, 0.1) is 5.92 Å². The van der Waals surface area contributed by atoms with Crippen LogP contribution in [0.15, 0.2) is 0 Å². The minimum absolute atomic E-state index is 0.274. The second-order valence-corrected chi connectivity index (χ2v) is 7.17. The van der Waals surface area contributed by atoms with Gasteiger partial charge in [-0.25, -0.2) is 8.42 Å². The van der Waals surface area contributed by atoms with Crippen molar-refractivity contribution < 1.29 is 8.42 Å². The highest BCUT2D eigenvalue weighted by Crippen LogP contribution is 2.15. The third kappa shape index (κ3) is 6.45. The van der Waals surface area contributed by atoms with Gasteiger partial charge in [0.2, 0.25) is 0 Å². The summed E-state index contributed by atoms with van der Waals surface area (Å²) in [6.45, 7) is 3.94. The van der Waals surface area contributed by atoms with Crippen molar-refractivity contribution >= 4 is 9.84 Å². The summed E-state index contributed by atoms with van der Waals surface area (Å²) in [6, 6.07) is 0. The maximum atomic E-state index is 11.0. The number of rotatable bonds is 6. The van der Waals surface area contributed by atoms with Crippen molar-refractivity contribution in [3.05, 3.63) is 0 Å².